The minimum Gasteiger partial charge on any atom is -0.394 e. The molecular formula is C14H24N2O3. The van der Waals surface area contributed by atoms with E-state index in [9.17, 15) is 9.90 Å². The summed E-state index contributed by atoms with van der Waals surface area (Å²) in [5, 5.41) is 9.40. The summed E-state index contributed by atoms with van der Waals surface area (Å²) in [4.78, 5) is 14.7. The molecule has 108 valence electrons. The molecule has 3 N–H and O–H groups in total. The zero-order chi connectivity index (χ0) is 13.8. The van der Waals surface area contributed by atoms with Gasteiger partial charge >= 0.3 is 0 Å². The van der Waals surface area contributed by atoms with E-state index in [-0.39, 0.29) is 36.0 Å². The molecule has 3 aliphatic rings. The molecule has 1 saturated carbocycles. The van der Waals surface area contributed by atoms with Gasteiger partial charge in [0, 0.05) is 24.5 Å². The Bertz CT molecular complexity index is 398. The Morgan fingerprint density at radius 2 is 2.21 bits per heavy atom. The summed E-state index contributed by atoms with van der Waals surface area (Å²) >= 11 is 0. The molecule has 19 heavy (non-hydrogen) atoms. The molecular weight excluding hydrogens is 244 g/mol. The Kier molecular flexibility index (Phi) is 2.93. The molecule has 0 spiro atoms. The van der Waals surface area contributed by atoms with Crippen LogP contribution in [0.4, 0.5) is 0 Å². The summed E-state index contributed by atoms with van der Waals surface area (Å²) in [6.07, 6.45) is 2.81. The van der Waals surface area contributed by atoms with Crippen molar-refractivity contribution in [2.24, 2.45) is 17.1 Å². The van der Waals surface area contributed by atoms with Crippen LogP contribution in [0.2, 0.25) is 0 Å². The number of hydrogen-bond acceptors (Lipinski definition) is 4. The summed E-state index contributed by atoms with van der Waals surface area (Å²) in [5.74, 6) is 0.149. The minimum atomic E-state index is -0.827. The van der Waals surface area contributed by atoms with Crippen molar-refractivity contribution in [2.75, 3.05) is 19.8 Å². The van der Waals surface area contributed by atoms with E-state index >= 15 is 0 Å². The Hall–Kier alpha value is -0.650. The summed E-state index contributed by atoms with van der Waals surface area (Å²) in [7, 11) is 0. The van der Waals surface area contributed by atoms with Gasteiger partial charge in [0.2, 0.25) is 5.91 Å². The number of amides is 1. The van der Waals surface area contributed by atoms with Crippen LogP contribution in [0.15, 0.2) is 0 Å². The third kappa shape index (κ3) is 1.49. The number of aliphatic hydroxyl groups is 1. The fourth-order valence-corrected chi connectivity index (χ4v) is 4.35. The van der Waals surface area contributed by atoms with Crippen LogP contribution in [0.3, 0.4) is 0 Å². The first-order valence-electron chi connectivity index (χ1n) is 7.27. The molecule has 1 aliphatic carbocycles. The molecule has 0 radical (unpaired) electrons. The van der Waals surface area contributed by atoms with Gasteiger partial charge in [-0.3, -0.25) is 4.79 Å². The van der Waals surface area contributed by atoms with Gasteiger partial charge in [0.05, 0.1) is 18.8 Å². The predicted molar refractivity (Wildman–Crippen MR) is 70.4 cm³/mol. The fraction of sp³-hybridized carbons (Fsp3) is 0.929. The van der Waals surface area contributed by atoms with Crippen molar-refractivity contribution >= 4 is 5.91 Å². The Balaban J connectivity index is 1.86. The van der Waals surface area contributed by atoms with Gasteiger partial charge in [0.15, 0.2) is 0 Å². The number of likely N-dealkylation sites (tertiary alicyclic amines) is 1. The van der Waals surface area contributed by atoms with E-state index in [1.165, 1.54) is 0 Å². The number of rotatable bonds is 2. The lowest BCUT2D eigenvalue weighted by Crippen LogP contribution is -2.80. The Morgan fingerprint density at radius 1 is 1.47 bits per heavy atom. The molecule has 3 unspecified atom stereocenters. The highest BCUT2D eigenvalue weighted by Gasteiger charge is 2.72. The van der Waals surface area contributed by atoms with E-state index < -0.39 is 5.54 Å². The number of nitrogens with zero attached hydrogens (tertiary/aromatic N) is 1. The molecule has 0 aromatic heterocycles. The SMILES string of the molecule is CC1(C)C2OCCC2C1(N)C(=O)N1CCC[C@@H]1CO. The van der Waals surface area contributed by atoms with Crippen LogP contribution in [0.25, 0.3) is 0 Å². The number of fused-ring (bicyclic) bond motifs is 1. The van der Waals surface area contributed by atoms with Crippen LogP contribution in [0.5, 0.6) is 0 Å². The molecule has 4 atom stereocenters. The fourth-order valence-electron chi connectivity index (χ4n) is 4.35. The average molecular weight is 268 g/mol. The smallest absolute Gasteiger partial charge is 0.244 e. The van der Waals surface area contributed by atoms with Gasteiger partial charge < -0.3 is 20.5 Å². The van der Waals surface area contributed by atoms with Crippen LogP contribution in [-0.4, -0.2) is 53.4 Å². The summed E-state index contributed by atoms with van der Waals surface area (Å²) < 4.78 is 5.73. The van der Waals surface area contributed by atoms with Crippen LogP contribution < -0.4 is 5.73 Å². The molecule has 0 aromatic rings. The highest BCUT2D eigenvalue weighted by atomic mass is 16.5. The first kappa shape index (κ1) is 13.3. The lowest BCUT2D eigenvalue weighted by atomic mass is 9.47. The molecule has 3 rings (SSSR count). The first-order valence-corrected chi connectivity index (χ1v) is 7.27. The van der Waals surface area contributed by atoms with Gasteiger partial charge in [-0.25, -0.2) is 0 Å². The van der Waals surface area contributed by atoms with Crippen molar-refractivity contribution in [3.8, 4) is 0 Å². The van der Waals surface area contributed by atoms with Gasteiger partial charge in [-0.2, -0.15) is 0 Å². The van der Waals surface area contributed by atoms with E-state index in [2.05, 4.69) is 0 Å². The van der Waals surface area contributed by atoms with Crippen molar-refractivity contribution in [1.29, 1.82) is 0 Å². The number of carbonyl (C=O) groups excluding carboxylic acids is 1. The van der Waals surface area contributed by atoms with Crippen molar-refractivity contribution < 1.29 is 14.6 Å². The van der Waals surface area contributed by atoms with Crippen LogP contribution in [0.1, 0.15) is 33.1 Å². The van der Waals surface area contributed by atoms with E-state index in [4.69, 9.17) is 10.5 Å². The van der Waals surface area contributed by atoms with Crippen LogP contribution >= 0.6 is 0 Å². The number of hydrogen-bond donors (Lipinski definition) is 2. The monoisotopic (exact) mass is 268 g/mol. The molecule has 5 heteroatoms. The second-order valence-corrected chi connectivity index (χ2v) is 6.75. The highest BCUT2D eigenvalue weighted by molar-refractivity contribution is 5.90. The summed E-state index contributed by atoms with van der Waals surface area (Å²) in [6.45, 7) is 5.52. The molecule has 2 heterocycles. The maximum Gasteiger partial charge on any atom is 0.244 e. The zero-order valence-corrected chi connectivity index (χ0v) is 11.8. The van der Waals surface area contributed by atoms with E-state index in [1.54, 1.807) is 4.90 Å². The van der Waals surface area contributed by atoms with Crippen molar-refractivity contribution in [1.82, 2.24) is 4.90 Å². The Morgan fingerprint density at radius 3 is 2.89 bits per heavy atom. The standard InChI is InChI=1S/C14H24N2O3/c1-13(2)11-10(5-7-19-11)14(13,15)12(18)16-6-3-4-9(16)8-17/h9-11,17H,3-8,15H2,1-2H3/t9-,10?,11?,14?/m1/s1. The molecule has 0 bridgehead atoms. The molecule has 5 nitrogen and oxygen atoms in total. The molecule has 2 aliphatic heterocycles. The second kappa shape index (κ2) is 4.17. The van der Waals surface area contributed by atoms with Gasteiger partial charge in [0.25, 0.3) is 0 Å². The number of aliphatic hydroxyl groups excluding tert-OH is 1. The third-order valence-electron chi connectivity index (χ3n) is 5.66. The minimum absolute atomic E-state index is 0.0146. The maximum absolute atomic E-state index is 12.9. The normalized spacial score (nSPS) is 44.0. The second-order valence-electron chi connectivity index (χ2n) is 6.75. The largest absolute Gasteiger partial charge is 0.394 e. The predicted octanol–water partition coefficient (Wildman–Crippen LogP) is 0.112. The first-order chi connectivity index (χ1) is 8.94. The van der Waals surface area contributed by atoms with Gasteiger partial charge in [-0.1, -0.05) is 13.8 Å². The van der Waals surface area contributed by atoms with Crippen LogP contribution in [-0.2, 0) is 9.53 Å². The lowest BCUT2D eigenvalue weighted by molar-refractivity contribution is -0.185. The van der Waals surface area contributed by atoms with E-state index in [0.29, 0.717) is 6.61 Å². The molecule has 3 fully saturated rings. The van der Waals surface area contributed by atoms with E-state index in [0.717, 1.165) is 25.8 Å². The van der Waals surface area contributed by atoms with Gasteiger partial charge in [0.1, 0.15) is 5.54 Å². The van der Waals surface area contributed by atoms with Crippen molar-refractivity contribution in [2.45, 2.75) is 50.8 Å². The topological polar surface area (TPSA) is 75.8 Å². The van der Waals surface area contributed by atoms with E-state index in [1.807, 2.05) is 13.8 Å². The number of ether oxygens (including phenoxy) is 1. The maximum atomic E-state index is 12.9. The summed E-state index contributed by atoms with van der Waals surface area (Å²) in [6, 6.07) is -0.0508. The zero-order valence-electron chi connectivity index (χ0n) is 11.8. The summed E-state index contributed by atoms with van der Waals surface area (Å²) in [5.41, 5.74) is 5.40. The average Bonchev–Trinajstić information content (AvgIpc) is 3.04. The van der Waals surface area contributed by atoms with Gasteiger partial charge in [-0.15, -0.1) is 0 Å². The molecule has 2 saturated heterocycles. The van der Waals surface area contributed by atoms with Crippen molar-refractivity contribution in [3.05, 3.63) is 0 Å². The van der Waals surface area contributed by atoms with Gasteiger partial charge in [-0.05, 0) is 19.3 Å². The number of carbonyl (C=O) groups is 1. The highest BCUT2D eigenvalue weighted by Crippen LogP contribution is 2.59. The van der Waals surface area contributed by atoms with Crippen LogP contribution in [0, 0.1) is 11.3 Å². The number of nitrogens with two attached hydrogens (primary N) is 1. The van der Waals surface area contributed by atoms with Crippen molar-refractivity contribution in [3.63, 3.8) is 0 Å². The Labute approximate surface area is 114 Å². The molecule has 1 amide bonds. The third-order valence-corrected chi connectivity index (χ3v) is 5.66. The molecule has 0 aromatic carbocycles. The lowest BCUT2D eigenvalue weighted by Gasteiger charge is -2.61. The quantitative estimate of drug-likeness (QED) is 0.745.